The zero-order chi connectivity index (χ0) is 26.9. The summed E-state index contributed by atoms with van der Waals surface area (Å²) < 4.78 is 40.0. The third kappa shape index (κ3) is 4.90. The number of Topliss-reactive ketones (excluding diaryl/α,β-unsaturated/α-hetero) is 1. The highest BCUT2D eigenvalue weighted by Crippen LogP contribution is 2.37. The minimum atomic E-state index is -4.65. The fraction of sp³-hybridized carbons (Fsp3) is 0.115. The molecule has 1 atom stereocenters. The highest BCUT2D eigenvalue weighted by molar-refractivity contribution is 6.13. The van der Waals surface area contributed by atoms with Gasteiger partial charge in [0.2, 0.25) is 0 Å². The van der Waals surface area contributed by atoms with E-state index in [1.54, 1.807) is 12.1 Å². The maximum atomic E-state index is 13.7. The molecular formula is C26H17F3N4O4. The number of nitrogens with zero attached hydrogens (tertiary/aromatic N) is 3. The van der Waals surface area contributed by atoms with Gasteiger partial charge in [-0.05, 0) is 55.0 Å². The topological polar surface area (TPSA) is 116 Å². The maximum absolute atomic E-state index is 13.7. The standard InChI is InChI=1S/C26H17F3N4O4/c1-15-22(24(34)18-9-11-20(12-10-18)33(36)37)23(17-7-5-16(14-30)6-8-17)31-25(35)32(15)21-4-2-3-19(13-21)26(27,28)29/h2-13,23H,1H3,(H,31,35). The molecule has 3 aromatic rings. The fourth-order valence-corrected chi connectivity index (χ4v) is 4.06. The van der Waals surface area contributed by atoms with Gasteiger partial charge in [0.1, 0.15) is 0 Å². The maximum Gasteiger partial charge on any atom is 0.416 e. The number of anilines is 1. The summed E-state index contributed by atoms with van der Waals surface area (Å²) >= 11 is 0. The highest BCUT2D eigenvalue weighted by Gasteiger charge is 2.38. The minimum Gasteiger partial charge on any atom is -0.326 e. The van der Waals surface area contributed by atoms with Crippen LogP contribution < -0.4 is 10.2 Å². The van der Waals surface area contributed by atoms with Crippen molar-refractivity contribution in [2.45, 2.75) is 19.1 Å². The van der Waals surface area contributed by atoms with Gasteiger partial charge in [0.05, 0.1) is 33.8 Å². The number of benzene rings is 3. The predicted molar refractivity (Wildman–Crippen MR) is 126 cm³/mol. The van der Waals surface area contributed by atoms with E-state index in [0.717, 1.165) is 35.2 Å². The first kappa shape index (κ1) is 25.1. The molecule has 0 aromatic heterocycles. The van der Waals surface area contributed by atoms with E-state index in [4.69, 9.17) is 5.26 Å². The van der Waals surface area contributed by atoms with Gasteiger partial charge in [0.15, 0.2) is 5.78 Å². The average Bonchev–Trinajstić information content (AvgIpc) is 2.88. The Kier molecular flexibility index (Phi) is 6.50. The molecule has 0 aliphatic carbocycles. The number of ketones is 1. The smallest absolute Gasteiger partial charge is 0.326 e. The van der Waals surface area contributed by atoms with E-state index in [2.05, 4.69) is 5.32 Å². The third-order valence-corrected chi connectivity index (χ3v) is 5.87. The van der Waals surface area contributed by atoms with Crippen LogP contribution in [-0.4, -0.2) is 16.7 Å². The Morgan fingerprint density at radius 1 is 1.08 bits per heavy atom. The summed E-state index contributed by atoms with van der Waals surface area (Å²) in [6, 6.07) is 15.3. The number of allylic oxidation sites excluding steroid dienone is 1. The highest BCUT2D eigenvalue weighted by atomic mass is 19.4. The van der Waals surface area contributed by atoms with Crippen LogP contribution in [0, 0.1) is 21.4 Å². The molecule has 1 aliphatic heterocycles. The molecule has 1 aliphatic rings. The van der Waals surface area contributed by atoms with E-state index in [1.807, 2.05) is 6.07 Å². The van der Waals surface area contributed by atoms with Crippen LogP contribution >= 0.6 is 0 Å². The predicted octanol–water partition coefficient (Wildman–Crippen LogP) is 5.91. The van der Waals surface area contributed by atoms with E-state index < -0.39 is 34.5 Å². The molecule has 2 amide bonds. The first-order chi connectivity index (χ1) is 17.5. The van der Waals surface area contributed by atoms with Gasteiger partial charge in [-0.2, -0.15) is 18.4 Å². The van der Waals surface area contributed by atoms with E-state index in [0.29, 0.717) is 11.1 Å². The van der Waals surface area contributed by atoms with Gasteiger partial charge in [-0.1, -0.05) is 18.2 Å². The van der Waals surface area contributed by atoms with Crippen molar-refractivity contribution in [1.29, 1.82) is 5.26 Å². The van der Waals surface area contributed by atoms with Crippen molar-refractivity contribution < 1.29 is 27.7 Å². The number of carbonyl (C=O) groups excluding carboxylic acids is 2. The number of nitrogens with one attached hydrogen (secondary N) is 1. The summed E-state index contributed by atoms with van der Waals surface area (Å²) in [7, 11) is 0. The molecule has 4 rings (SSSR count). The van der Waals surface area contributed by atoms with Crippen LogP contribution in [0.15, 0.2) is 84.1 Å². The number of carbonyl (C=O) groups is 2. The van der Waals surface area contributed by atoms with Crippen LogP contribution in [0.2, 0.25) is 0 Å². The fourth-order valence-electron chi connectivity index (χ4n) is 4.06. The Morgan fingerprint density at radius 2 is 1.73 bits per heavy atom. The van der Waals surface area contributed by atoms with Gasteiger partial charge in [0.25, 0.3) is 5.69 Å². The summed E-state index contributed by atoms with van der Waals surface area (Å²) in [6.07, 6.45) is -4.65. The summed E-state index contributed by atoms with van der Waals surface area (Å²) in [6.45, 7) is 1.44. The Hall–Kier alpha value is -4.98. The largest absolute Gasteiger partial charge is 0.416 e. The molecule has 0 saturated carbocycles. The molecule has 0 bridgehead atoms. The average molecular weight is 506 g/mol. The molecule has 11 heteroatoms. The molecule has 0 spiro atoms. The first-order valence-corrected chi connectivity index (χ1v) is 10.8. The van der Waals surface area contributed by atoms with Crippen molar-refractivity contribution in [3.63, 3.8) is 0 Å². The third-order valence-electron chi connectivity index (χ3n) is 5.87. The van der Waals surface area contributed by atoms with Gasteiger partial charge >= 0.3 is 12.2 Å². The molecule has 1 heterocycles. The summed E-state index contributed by atoms with van der Waals surface area (Å²) in [5, 5.41) is 22.8. The van der Waals surface area contributed by atoms with Gasteiger partial charge in [-0.3, -0.25) is 19.8 Å². The van der Waals surface area contributed by atoms with Crippen LogP contribution in [0.1, 0.15) is 40.0 Å². The molecule has 8 nitrogen and oxygen atoms in total. The Labute approximate surface area is 208 Å². The number of rotatable bonds is 5. The minimum absolute atomic E-state index is 0.0515. The number of amides is 2. The van der Waals surface area contributed by atoms with Crippen LogP contribution in [0.4, 0.5) is 29.3 Å². The first-order valence-electron chi connectivity index (χ1n) is 10.8. The number of hydrogen-bond acceptors (Lipinski definition) is 5. The summed E-state index contributed by atoms with van der Waals surface area (Å²) in [4.78, 5) is 38.2. The van der Waals surface area contributed by atoms with E-state index in [1.165, 1.54) is 37.3 Å². The van der Waals surface area contributed by atoms with Crippen molar-refractivity contribution in [3.8, 4) is 6.07 Å². The van der Waals surface area contributed by atoms with Crippen LogP contribution in [-0.2, 0) is 6.18 Å². The van der Waals surface area contributed by atoms with Crippen molar-refractivity contribution in [1.82, 2.24) is 5.32 Å². The summed E-state index contributed by atoms with van der Waals surface area (Å²) in [5.74, 6) is -0.585. The van der Waals surface area contributed by atoms with Crippen molar-refractivity contribution in [2.24, 2.45) is 0 Å². The number of hydrogen-bond donors (Lipinski definition) is 1. The number of urea groups is 1. The SMILES string of the molecule is CC1=C(C(=O)c2ccc([N+](=O)[O-])cc2)C(c2ccc(C#N)cc2)NC(=O)N1c1cccc(C(F)(F)F)c1. The molecule has 1 N–H and O–H groups in total. The normalized spacial score (nSPS) is 15.7. The molecule has 1 unspecified atom stereocenters. The lowest BCUT2D eigenvalue weighted by Gasteiger charge is -2.36. The van der Waals surface area contributed by atoms with Crippen LogP contribution in [0.5, 0.6) is 0 Å². The Bertz CT molecular complexity index is 1470. The van der Waals surface area contributed by atoms with E-state index in [9.17, 15) is 32.9 Å². The number of nitro groups is 1. The van der Waals surface area contributed by atoms with Crippen molar-refractivity contribution >= 4 is 23.2 Å². The van der Waals surface area contributed by atoms with Gasteiger partial charge in [-0.25, -0.2) is 4.79 Å². The number of nitriles is 1. The van der Waals surface area contributed by atoms with Crippen LogP contribution in [0.25, 0.3) is 0 Å². The number of non-ortho nitro benzene ring substituents is 1. The molecule has 0 saturated heterocycles. The van der Waals surface area contributed by atoms with E-state index >= 15 is 0 Å². The number of nitro benzene ring substituents is 1. The lowest BCUT2D eigenvalue weighted by molar-refractivity contribution is -0.384. The molecule has 0 fully saturated rings. The van der Waals surface area contributed by atoms with Gasteiger partial charge in [-0.15, -0.1) is 0 Å². The second-order valence-corrected chi connectivity index (χ2v) is 8.13. The van der Waals surface area contributed by atoms with Gasteiger partial charge < -0.3 is 5.32 Å². The second-order valence-electron chi connectivity index (χ2n) is 8.13. The quantitative estimate of drug-likeness (QED) is 0.262. The Morgan fingerprint density at radius 3 is 2.30 bits per heavy atom. The number of halogens is 3. The summed E-state index contributed by atoms with van der Waals surface area (Å²) in [5.41, 5.74) is -0.273. The monoisotopic (exact) mass is 506 g/mol. The van der Waals surface area contributed by atoms with Gasteiger partial charge in [0, 0.05) is 29.0 Å². The lowest BCUT2D eigenvalue weighted by Crippen LogP contribution is -2.48. The molecule has 37 heavy (non-hydrogen) atoms. The van der Waals surface area contributed by atoms with Crippen molar-refractivity contribution in [2.75, 3.05) is 4.90 Å². The Balaban J connectivity index is 1.87. The van der Waals surface area contributed by atoms with E-state index in [-0.39, 0.29) is 28.2 Å². The number of alkyl halides is 3. The molecule has 3 aromatic carbocycles. The van der Waals surface area contributed by atoms with Crippen molar-refractivity contribution in [3.05, 3.63) is 116 Å². The molecule has 0 radical (unpaired) electrons. The molecular weight excluding hydrogens is 489 g/mol. The zero-order valence-electron chi connectivity index (χ0n) is 19.1. The second kappa shape index (κ2) is 9.58. The van der Waals surface area contributed by atoms with Crippen LogP contribution in [0.3, 0.4) is 0 Å². The molecule has 186 valence electrons. The lowest BCUT2D eigenvalue weighted by atomic mass is 9.88. The zero-order valence-corrected chi connectivity index (χ0v) is 19.1.